The normalized spacial score (nSPS) is 12.9. The molecule has 1 aromatic carbocycles. The van der Waals surface area contributed by atoms with Crippen LogP contribution in [0, 0.1) is 17.6 Å². The predicted molar refractivity (Wildman–Crippen MR) is 84.0 cm³/mol. The summed E-state index contributed by atoms with van der Waals surface area (Å²) in [6, 6.07) is 6.44. The fourth-order valence-electron chi connectivity index (χ4n) is 2.18. The summed E-state index contributed by atoms with van der Waals surface area (Å²) in [7, 11) is 1.91. The van der Waals surface area contributed by atoms with E-state index in [-0.39, 0.29) is 10.5 Å². The van der Waals surface area contributed by atoms with Crippen molar-refractivity contribution in [3.05, 3.63) is 45.2 Å². The summed E-state index contributed by atoms with van der Waals surface area (Å²) in [6.07, 6.45) is 0. The second kappa shape index (κ2) is 6.33. The van der Waals surface area contributed by atoms with E-state index in [2.05, 4.69) is 35.1 Å². The minimum Gasteiger partial charge on any atom is -0.312 e. The summed E-state index contributed by atoms with van der Waals surface area (Å²) < 4.78 is 27.7. The lowest BCUT2D eigenvalue weighted by Gasteiger charge is -2.18. The molecule has 1 N–H and O–H groups in total. The summed E-state index contributed by atoms with van der Waals surface area (Å²) in [6.45, 7) is 4.25. The van der Waals surface area contributed by atoms with Gasteiger partial charge in [0, 0.05) is 21.4 Å². The van der Waals surface area contributed by atoms with Crippen LogP contribution < -0.4 is 5.32 Å². The molecule has 5 heteroatoms. The van der Waals surface area contributed by atoms with Gasteiger partial charge in [-0.2, -0.15) is 0 Å². The lowest BCUT2D eigenvalue weighted by molar-refractivity contribution is 0.449. The molecule has 2 rings (SSSR count). The number of nitrogens with one attached hydrogen (secondary N) is 1. The molecule has 0 aliphatic carbocycles. The standard InChI is InChI=1S/C15H16BrF2NS/c1-8(2)15(19-3)14-5-4-13(20-14)9-6-12(18)10(16)7-11(9)17/h4-8,15,19H,1-3H3. The molecule has 0 bridgehead atoms. The van der Waals surface area contributed by atoms with Gasteiger partial charge in [-0.3, -0.25) is 0 Å². The molecule has 1 aromatic heterocycles. The minimum atomic E-state index is -0.453. The second-order valence-electron chi connectivity index (χ2n) is 4.96. The highest BCUT2D eigenvalue weighted by Crippen LogP contribution is 2.36. The maximum absolute atomic E-state index is 14.0. The van der Waals surface area contributed by atoms with Crippen LogP contribution in [0.25, 0.3) is 10.4 Å². The second-order valence-corrected chi connectivity index (χ2v) is 6.93. The van der Waals surface area contributed by atoms with Crippen molar-refractivity contribution in [3.63, 3.8) is 0 Å². The van der Waals surface area contributed by atoms with Gasteiger partial charge in [-0.05, 0) is 53.2 Å². The van der Waals surface area contributed by atoms with Gasteiger partial charge in [0.15, 0.2) is 0 Å². The van der Waals surface area contributed by atoms with E-state index >= 15 is 0 Å². The van der Waals surface area contributed by atoms with Crippen molar-refractivity contribution >= 4 is 27.3 Å². The average molecular weight is 360 g/mol. The van der Waals surface area contributed by atoms with E-state index in [9.17, 15) is 8.78 Å². The SMILES string of the molecule is CNC(c1ccc(-c2cc(F)c(Br)cc2F)s1)C(C)C. The van der Waals surface area contributed by atoms with Crippen molar-refractivity contribution in [1.29, 1.82) is 0 Å². The van der Waals surface area contributed by atoms with Gasteiger partial charge in [0.1, 0.15) is 11.6 Å². The Bertz CT molecular complexity index is 610. The monoisotopic (exact) mass is 359 g/mol. The van der Waals surface area contributed by atoms with Crippen LogP contribution in [0.1, 0.15) is 24.8 Å². The topological polar surface area (TPSA) is 12.0 Å². The van der Waals surface area contributed by atoms with Crippen LogP contribution in [0.5, 0.6) is 0 Å². The maximum Gasteiger partial charge on any atom is 0.138 e. The Balaban J connectivity index is 2.41. The summed E-state index contributed by atoms with van der Waals surface area (Å²) in [5.41, 5.74) is 0.306. The number of halogens is 3. The summed E-state index contributed by atoms with van der Waals surface area (Å²) >= 11 is 4.48. The summed E-state index contributed by atoms with van der Waals surface area (Å²) in [4.78, 5) is 1.87. The fourth-order valence-corrected chi connectivity index (χ4v) is 3.81. The van der Waals surface area contributed by atoms with Gasteiger partial charge in [0.25, 0.3) is 0 Å². The molecule has 0 fully saturated rings. The molecule has 1 atom stereocenters. The van der Waals surface area contributed by atoms with Gasteiger partial charge in [-0.25, -0.2) is 8.78 Å². The molecular formula is C15H16BrF2NS. The molecule has 0 spiro atoms. The maximum atomic E-state index is 14.0. The molecule has 0 aliphatic rings. The Kier molecular flexibility index (Phi) is 4.94. The molecule has 0 saturated heterocycles. The van der Waals surface area contributed by atoms with Gasteiger partial charge in [0.05, 0.1) is 4.47 Å². The Labute approximate surface area is 130 Å². The molecule has 0 radical (unpaired) electrons. The Morgan fingerprint density at radius 2 is 1.85 bits per heavy atom. The minimum absolute atomic E-state index is 0.144. The van der Waals surface area contributed by atoms with Crippen LogP contribution in [0.3, 0.4) is 0 Å². The Hall–Kier alpha value is -0.780. The summed E-state index contributed by atoms with van der Waals surface area (Å²) in [5, 5.41) is 3.25. The van der Waals surface area contributed by atoms with Gasteiger partial charge in [0.2, 0.25) is 0 Å². The molecular weight excluding hydrogens is 344 g/mol. The average Bonchev–Trinajstić information content (AvgIpc) is 2.83. The zero-order valence-electron chi connectivity index (χ0n) is 11.5. The van der Waals surface area contributed by atoms with Gasteiger partial charge < -0.3 is 5.32 Å². The van der Waals surface area contributed by atoms with Crippen molar-refractivity contribution in [2.45, 2.75) is 19.9 Å². The lowest BCUT2D eigenvalue weighted by Crippen LogP contribution is -2.20. The van der Waals surface area contributed by atoms with Crippen LogP contribution in [0.2, 0.25) is 0 Å². The Morgan fingerprint density at radius 3 is 2.45 bits per heavy atom. The summed E-state index contributed by atoms with van der Waals surface area (Å²) in [5.74, 6) is -0.444. The van der Waals surface area contributed by atoms with Gasteiger partial charge in [-0.15, -0.1) is 11.3 Å². The number of rotatable bonds is 4. The molecule has 108 valence electrons. The van der Waals surface area contributed by atoms with Crippen LogP contribution in [0.4, 0.5) is 8.78 Å². The quantitative estimate of drug-likeness (QED) is 0.723. The van der Waals surface area contributed by atoms with E-state index in [1.165, 1.54) is 23.5 Å². The van der Waals surface area contributed by atoms with Gasteiger partial charge >= 0.3 is 0 Å². The molecule has 1 unspecified atom stereocenters. The zero-order chi connectivity index (χ0) is 14.9. The fraction of sp³-hybridized carbons (Fsp3) is 0.333. The number of benzene rings is 1. The van der Waals surface area contributed by atoms with E-state index < -0.39 is 11.6 Å². The third-order valence-corrected chi connectivity index (χ3v) is 5.00. The molecule has 1 heterocycles. The molecule has 0 aliphatic heterocycles. The number of thiophene rings is 1. The molecule has 1 nitrogen and oxygen atoms in total. The van der Waals surface area contributed by atoms with E-state index in [4.69, 9.17) is 0 Å². The van der Waals surface area contributed by atoms with E-state index in [1.807, 2.05) is 19.2 Å². The van der Waals surface area contributed by atoms with E-state index in [1.54, 1.807) is 0 Å². The van der Waals surface area contributed by atoms with Crippen molar-refractivity contribution in [2.24, 2.45) is 5.92 Å². The first-order valence-corrected chi connectivity index (χ1v) is 7.97. The van der Waals surface area contributed by atoms with Crippen LogP contribution in [-0.4, -0.2) is 7.05 Å². The first-order chi connectivity index (χ1) is 9.43. The van der Waals surface area contributed by atoms with Gasteiger partial charge in [-0.1, -0.05) is 13.8 Å². The van der Waals surface area contributed by atoms with Crippen LogP contribution >= 0.6 is 27.3 Å². The Morgan fingerprint density at radius 1 is 1.15 bits per heavy atom. The molecule has 2 aromatic rings. The van der Waals surface area contributed by atoms with Crippen LogP contribution in [-0.2, 0) is 0 Å². The first kappa shape index (κ1) is 15.6. The van der Waals surface area contributed by atoms with Crippen molar-refractivity contribution in [3.8, 4) is 10.4 Å². The molecule has 0 amide bonds. The third kappa shape index (κ3) is 3.10. The predicted octanol–water partition coefficient (Wildman–Crippen LogP) is 5.37. The van der Waals surface area contributed by atoms with E-state index in [0.717, 1.165) is 9.75 Å². The van der Waals surface area contributed by atoms with Crippen molar-refractivity contribution in [1.82, 2.24) is 5.32 Å². The smallest absolute Gasteiger partial charge is 0.138 e. The third-order valence-electron chi connectivity index (χ3n) is 3.19. The molecule has 20 heavy (non-hydrogen) atoms. The highest BCUT2D eigenvalue weighted by molar-refractivity contribution is 9.10. The largest absolute Gasteiger partial charge is 0.312 e. The first-order valence-electron chi connectivity index (χ1n) is 6.36. The number of hydrogen-bond acceptors (Lipinski definition) is 2. The lowest BCUT2D eigenvalue weighted by atomic mass is 10.0. The van der Waals surface area contributed by atoms with E-state index in [0.29, 0.717) is 11.5 Å². The van der Waals surface area contributed by atoms with Crippen LogP contribution in [0.15, 0.2) is 28.7 Å². The van der Waals surface area contributed by atoms with Crippen molar-refractivity contribution in [2.75, 3.05) is 7.05 Å². The highest BCUT2D eigenvalue weighted by Gasteiger charge is 2.18. The highest BCUT2D eigenvalue weighted by atomic mass is 79.9. The molecule has 0 saturated carbocycles. The van der Waals surface area contributed by atoms with Crippen molar-refractivity contribution < 1.29 is 8.78 Å². The zero-order valence-corrected chi connectivity index (χ0v) is 13.9. The number of hydrogen-bond donors (Lipinski definition) is 1.